The average molecular weight is 233 g/mol. The third-order valence-electron chi connectivity index (χ3n) is 3.02. The summed E-state index contributed by atoms with van der Waals surface area (Å²) >= 11 is 0. The molecule has 4 heteroatoms. The van der Waals surface area contributed by atoms with Crippen molar-refractivity contribution in [3.05, 3.63) is 35.9 Å². The average Bonchev–Trinajstić information content (AvgIpc) is 2.71. The summed E-state index contributed by atoms with van der Waals surface area (Å²) in [6, 6.07) is 4.17. The highest BCUT2D eigenvalue weighted by atomic mass is 16.5. The fourth-order valence-corrected chi connectivity index (χ4v) is 2.10. The van der Waals surface area contributed by atoms with Gasteiger partial charge in [0.2, 0.25) is 12.2 Å². The lowest BCUT2D eigenvalue weighted by Gasteiger charge is -2.04. The zero-order valence-corrected chi connectivity index (χ0v) is 10.4. The van der Waals surface area contributed by atoms with Crippen LogP contribution in [0.1, 0.15) is 18.3 Å². The number of hydrogen-bond donors (Lipinski definition) is 0. The Hall–Kier alpha value is -1.84. The minimum atomic E-state index is -0.225. The zero-order chi connectivity index (χ0) is 12.4. The van der Waals surface area contributed by atoms with E-state index in [-0.39, 0.29) is 12.5 Å². The monoisotopic (exact) mass is 233 g/mol. The number of aryl methyl sites for hydroxylation is 2. The molecule has 2 aromatic heterocycles. The molecule has 0 atom stereocenters. The Bertz CT molecular complexity index is 558. The number of carbonyl (C=O) groups excluding carboxylic acids is 1. The van der Waals surface area contributed by atoms with Gasteiger partial charge >= 0.3 is 5.97 Å². The van der Waals surface area contributed by atoms with Gasteiger partial charge in [-0.1, -0.05) is 6.92 Å². The molecule has 4 nitrogen and oxygen atoms in total. The van der Waals surface area contributed by atoms with Gasteiger partial charge in [-0.05, 0) is 19.1 Å². The molecule has 0 N–H and O–H groups in total. The Morgan fingerprint density at radius 3 is 2.88 bits per heavy atom. The molecule has 0 aromatic carbocycles. The van der Waals surface area contributed by atoms with Gasteiger partial charge < -0.3 is 9.14 Å². The third-order valence-corrected chi connectivity index (χ3v) is 3.02. The number of ether oxygens (including phenoxy) is 1. The van der Waals surface area contributed by atoms with Crippen LogP contribution in [0, 0.1) is 6.92 Å². The van der Waals surface area contributed by atoms with Crippen LogP contribution in [0.3, 0.4) is 0 Å². The summed E-state index contributed by atoms with van der Waals surface area (Å²) < 4.78 is 8.78. The first-order chi connectivity index (χ1) is 8.17. The first kappa shape index (κ1) is 11.6. The summed E-state index contributed by atoms with van der Waals surface area (Å²) in [5, 5.41) is 0. The number of hydrogen-bond acceptors (Lipinski definition) is 2. The maximum absolute atomic E-state index is 11.3. The van der Waals surface area contributed by atoms with Gasteiger partial charge in [0.15, 0.2) is 6.20 Å². The van der Waals surface area contributed by atoms with E-state index in [2.05, 4.69) is 30.4 Å². The van der Waals surface area contributed by atoms with E-state index in [1.807, 2.05) is 17.0 Å². The highest BCUT2D eigenvalue weighted by molar-refractivity contribution is 5.67. The molecule has 90 valence electrons. The third kappa shape index (κ3) is 2.02. The summed E-state index contributed by atoms with van der Waals surface area (Å²) in [4.78, 5) is 11.3. The van der Waals surface area contributed by atoms with E-state index in [1.165, 1.54) is 12.8 Å². The zero-order valence-electron chi connectivity index (χ0n) is 10.4. The van der Waals surface area contributed by atoms with E-state index in [1.54, 1.807) is 0 Å². The molecule has 0 radical (unpaired) electrons. The Balaban J connectivity index is 2.53. The molecular weight excluding hydrogens is 216 g/mol. The predicted molar refractivity (Wildman–Crippen MR) is 63.7 cm³/mol. The molecule has 0 amide bonds. The van der Waals surface area contributed by atoms with Crippen LogP contribution >= 0.6 is 0 Å². The minimum absolute atomic E-state index is 0.225. The predicted octanol–water partition coefficient (Wildman–Crippen LogP) is 1.27. The lowest BCUT2D eigenvalue weighted by molar-refractivity contribution is -0.692. The van der Waals surface area contributed by atoms with Crippen LogP contribution < -0.4 is 4.57 Å². The normalized spacial score (nSPS) is 10.8. The Kier molecular flexibility index (Phi) is 3.13. The van der Waals surface area contributed by atoms with Gasteiger partial charge in [-0.25, -0.2) is 4.79 Å². The van der Waals surface area contributed by atoms with E-state index < -0.39 is 0 Å². The van der Waals surface area contributed by atoms with Crippen molar-refractivity contribution in [2.45, 2.75) is 26.8 Å². The molecule has 2 aromatic rings. The largest absolute Gasteiger partial charge is 0.464 e. The number of rotatable bonds is 3. The molecule has 0 aliphatic carbocycles. The standard InChI is InChI=1S/C13H17N2O2/c1-4-11-12-6-5-10(2)15(12)8-7-14(11)9-13(16)17-3/h5-8H,4,9H2,1-3H3/q+1. The van der Waals surface area contributed by atoms with Crippen molar-refractivity contribution in [3.8, 4) is 0 Å². The molecule has 2 rings (SSSR count). The summed E-state index contributed by atoms with van der Waals surface area (Å²) in [5.41, 5.74) is 3.49. The quantitative estimate of drug-likeness (QED) is 0.591. The highest BCUT2D eigenvalue weighted by Crippen LogP contribution is 2.11. The topological polar surface area (TPSA) is 34.6 Å². The number of aromatic nitrogens is 2. The van der Waals surface area contributed by atoms with E-state index in [9.17, 15) is 4.79 Å². The molecule has 0 saturated carbocycles. The Morgan fingerprint density at radius 1 is 1.47 bits per heavy atom. The van der Waals surface area contributed by atoms with Crippen LogP contribution in [0.5, 0.6) is 0 Å². The molecule has 17 heavy (non-hydrogen) atoms. The SMILES string of the molecule is CCc1c2ccc(C)n2cc[n+]1CC(=O)OC. The smallest absolute Gasteiger partial charge is 0.372 e. The first-order valence-corrected chi connectivity index (χ1v) is 5.73. The second kappa shape index (κ2) is 4.57. The number of carbonyl (C=O) groups is 1. The highest BCUT2D eigenvalue weighted by Gasteiger charge is 2.18. The van der Waals surface area contributed by atoms with Crippen LogP contribution in [-0.2, 0) is 22.5 Å². The summed E-state index contributed by atoms with van der Waals surface area (Å²) in [6.07, 6.45) is 4.79. The molecule has 0 saturated heterocycles. The lowest BCUT2D eigenvalue weighted by Crippen LogP contribution is -2.42. The lowest BCUT2D eigenvalue weighted by atomic mass is 10.2. The van der Waals surface area contributed by atoms with Crippen LogP contribution in [-0.4, -0.2) is 17.5 Å². The molecule has 0 spiro atoms. The maximum Gasteiger partial charge on any atom is 0.372 e. The van der Waals surface area contributed by atoms with Crippen molar-refractivity contribution in [2.24, 2.45) is 0 Å². The number of fused-ring (bicyclic) bond motifs is 1. The molecule has 2 heterocycles. The van der Waals surface area contributed by atoms with Crippen molar-refractivity contribution in [2.75, 3.05) is 7.11 Å². The fourth-order valence-electron chi connectivity index (χ4n) is 2.10. The van der Waals surface area contributed by atoms with Gasteiger partial charge in [-0.15, -0.1) is 0 Å². The van der Waals surface area contributed by atoms with Crippen molar-refractivity contribution in [1.82, 2.24) is 4.40 Å². The molecule has 0 unspecified atom stereocenters. The van der Waals surface area contributed by atoms with E-state index in [4.69, 9.17) is 4.74 Å². The van der Waals surface area contributed by atoms with E-state index in [0.29, 0.717) is 0 Å². The molecule has 0 aliphatic heterocycles. The second-order valence-corrected chi connectivity index (χ2v) is 4.03. The second-order valence-electron chi connectivity index (χ2n) is 4.03. The van der Waals surface area contributed by atoms with Crippen molar-refractivity contribution < 1.29 is 14.1 Å². The Labute approximate surface area is 100 Å². The van der Waals surface area contributed by atoms with Gasteiger partial charge in [0.1, 0.15) is 5.52 Å². The van der Waals surface area contributed by atoms with Gasteiger partial charge in [0.05, 0.1) is 13.3 Å². The van der Waals surface area contributed by atoms with Gasteiger partial charge in [-0.3, -0.25) is 0 Å². The number of nitrogens with zero attached hydrogens (tertiary/aromatic N) is 2. The van der Waals surface area contributed by atoms with Crippen molar-refractivity contribution in [1.29, 1.82) is 0 Å². The van der Waals surface area contributed by atoms with Gasteiger partial charge in [0, 0.05) is 12.1 Å². The van der Waals surface area contributed by atoms with Crippen LogP contribution in [0.2, 0.25) is 0 Å². The number of esters is 1. The first-order valence-electron chi connectivity index (χ1n) is 5.73. The molecule has 0 aliphatic rings. The summed E-state index contributed by atoms with van der Waals surface area (Å²) in [5.74, 6) is -0.225. The van der Waals surface area contributed by atoms with E-state index >= 15 is 0 Å². The van der Waals surface area contributed by atoms with Crippen LogP contribution in [0.4, 0.5) is 0 Å². The van der Waals surface area contributed by atoms with Crippen LogP contribution in [0.15, 0.2) is 24.5 Å². The summed E-state index contributed by atoms with van der Waals surface area (Å²) in [6.45, 7) is 4.42. The molecule has 0 fully saturated rings. The number of methoxy groups -OCH3 is 1. The summed E-state index contributed by atoms with van der Waals surface area (Å²) in [7, 11) is 1.41. The Morgan fingerprint density at radius 2 is 2.24 bits per heavy atom. The molecule has 0 bridgehead atoms. The van der Waals surface area contributed by atoms with Gasteiger partial charge in [-0.2, -0.15) is 4.57 Å². The van der Waals surface area contributed by atoms with Crippen molar-refractivity contribution >= 4 is 11.5 Å². The van der Waals surface area contributed by atoms with Crippen molar-refractivity contribution in [3.63, 3.8) is 0 Å². The minimum Gasteiger partial charge on any atom is -0.464 e. The fraction of sp³-hybridized carbons (Fsp3) is 0.385. The maximum atomic E-state index is 11.3. The van der Waals surface area contributed by atoms with E-state index in [0.717, 1.165) is 17.6 Å². The van der Waals surface area contributed by atoms with Crippen LogP contribution in [0.25, 0.3) is 5.52 Å². The molecular formula is C13H17N2O2+. The van der Waals surface area contributed by atoms with Gasteiger partial charge in [0.25, 0.3) is 0 Å².